The molecule has 0 aliphatic heterocycles. The summed E-state index contributed by atoms with van der Waals surface area (Å²) in [7, 11) is 2.56. The van der Waals surface area contributed by atoms with Crippen molar-refractivity contribution in [3.8, 4) is 22.8 Å². The van der Waals surface area contributed by atoms with Crippen LogP contribution >= 0.6 is 28.3 Å². The number of nitrogens with zero attached hydrogens (tertiary/aromatic N) is 4. The fourth-order valence-electron chi connectivity index (χ4n) is 3.24. The minimum atomic E-state index is -0.850. The Bertz CT molecular complexity index is 1260. The van der Waals surface area contributed by atoms with E-state index < -0.39 is 11.6 Å². The number of hydrogen-bond acceptors (Lipinski definition) is 6. The topological polar surface area (TPSA) is 62.1 Å². The van der Waals surface area contributed by atoms with E-state index in [0.29, 0.717) is 32.5 Å². The van der Waals surface area contributed by atoms with E-state index in [9.17, 15) is 12.7 Å². The van der Waals surface area contributed by atoms with Crippen molar-refractivity contribution in [2.24, 2.45) is 0 Å². The number of benzene rings is 1. The molecule has 0 radical (unpaired) electrons. The zero-order chi connectivity index (χ0) is 22.1. The number of fused-ring (bicyclic) bond motifs is 1. The van der Waals surface area contributed by atoms with E-state index in [2.05, 4.69) is 30.9 Å². The summed E-state index contributed by atoms with van der Waals surface area (Å²) < 4.78 is 55.0. The van der Waals surface area contributed by atoms with Gasteiger partial charge < -0.3 is 9.47 Å². The lowest BCUT2D eigenvalue weighted by Crippen LogP contribution is -2.03. The Balaban J connectivity index is 1.87. The molecule has 0 saturated heterocycles. The van der Waals surface area contributed by atoms with Crippen LogP contribution in [0, 0.1) is 11.6 Å². The number of rotatable bonds is 6. The predicted octanol–water partition coefficient (Wildman–Crippen LogP) is 5.52. The van der Waals surface area contributed by atoms with Crippen LogP contribution in [0.1, 0.15) is 11.1 Å². The molecule has 6 nitrogen and oxygen atoms in total. The second-order valence-electron chi connectivity index (χ2n) is 6.44. The Kier molecular flexibility index (Phi) is 6.05. The molecule has 0 amide bonds. The van der Waals surface area contributed by atoms with Crippen LogP contribution in [0.3, 0.4) is 0 Å². The van der Waals surface area contributed by atoms with Gasteiger partial charge in [-0.25, -0.2) is 22.7 Å². The highest BCUT2D eigenvalue weighted by molar-refractivity contribution is 9.10. The summed E-state index contributed by atoms with van der Waals surface area (Å²) in [6, 6.07) is 2.87. The molecule has 31 heavy (non-hydrogen) atoms. The summed E-state index contributed by atoms with van der Waals surface area (Å²) in [5.74, 6) is -2.01. The molecule has 4 rings (SSSR count). The molecule has 1 aromatic carbocycles. The Morgan fingerprint density at radius 1 is 1.06 bits per heavy atom. The molecule has 3 aromatic heterocycles. The lowest BCUT2D eigenvalue weighted by Gasteiger charge is -2.12. The van der Waals surface area contributed by atoms with Crippen LogP contribution in [0.4, 0.5) is 12.7 Å². The van der Waals surface area contributed by atoms with Crippen molar-refractivity contribution in [2.45, 2.75) is 6.42 Å². The number of aromatic nitrogens is 4. The SMILES string of the molecule is COc1cc(OC)c(F)c(Cc2cn(SF)c3ncc(-c4cncc(Br)n4)cc23)c1F. The quantitative estimate of drug-likeness (QED) is 0.340. The van der Waals surface area contributed by atoms with Crippen LogP contribution < -0.4 is 9.47 Å². The molecule has 11 heteroatoms. The molecule has 4 aromatic rings. The van der Waals surface area contributed by atoms with Crippen LogP contribution in [0.25, 0.3) is 22.3 Å². The Hall–Kier alpha value is -2.79. The fourth-order valence-corrected chi connectivity index (χ4v) is 3.93. The number of ether oxygens (including phenoxy) is 2. The van der Waals surface area contributed by atoms with Crippen LogP contribution in [0.5, 0.6) is 11.5 Å². The smallest absolute Gasteiger partial charge is 0.171 e. The lowest BCUT2D eigenvalue weighted by atomic mass is 10.0. The van der Waals surface area contributed by atoms with Gasteiger partial charge in [0.15, 0.2) is 41.1 Å². The van der Waals surface area contributed by atoms with Gasteiger partial charge in [0.05, 0.1) is 32.3 Å². The summed E-state index contributed by atoms with van der Waals surface area (Å²) in [6.07, 6.45) is 5.90. The third-order valence-corrected chi connectivity index (χ3v) is 5.51. The van der Waals surface area contributed by atoms with E-state index in [0.717, 1.165) is 6.07 Å². The molecule has 0 saturated carbocycles. The molecule has 160 valence electrons. The van der Waals surface area contributed by atoms with Gasteiger partial charge in [0.1, 0.15) is 4.60 Å². The molecular formula is C20H14BrF3N4O2S. The maximum absolute atomic E-state index is 14.9. The molecule has 0 aliphatic rings. The van der Waals surface area contributed by atoms with E-state index in [1.807, 2.05) is 0 Å². The molecule has 0 spiro atoms. The summed E-state index contributed by atoms with van der Waals surface area (Å²) >= 11 is 3.21. The summed E-state index contributed by atoms with van der Waals surface area (Å²) in [5.41, 5.74) is 1.67. The zero-order valence-electron chi connectivity index (χ0n) is 16.2. The minimum Gasteiger partial charge on any atom is -0.494 e. The van der Waals surface area contributed by atoms with Crippen molar-refractivity contribution in [1.29, 1.82) is 0 Å². The van der Waals surface area contributed by atoms with Crippen molar-refractivity contribution in [2.75, 3.05) is 14.2 Å². The first kappa shape index (κ1) is 21.4. The summed E-state index contributed by atoms with van der Waals surface area (Å²) in [6.45, 7) is 0. The highest BCUT2D eigenvalue weighted by Crippen LogP contribution is 2.35. The molecule has 3 heterocycles. The molecule has 0 aliphatic carbocycles. The molecular weight excluding hydrogens is 497 g/mol. The fraction of sp³-hybridized carbons (Fsp3) is 0.150. The highest BCUT2D eigenvalue weighted by Gasteiger charge is 2.22. The van der Waals surface area contributed by atoms with Crippen LogP contribution in [-0.2, 0) is 6.42 Å². The normalized spacial score (nSPS) is 11.2. The van der Waals surface area contributed by atoms with E-state index in [1.54, 1.807) is 18.5 Å². The van der Waals surface area contributed by atoms with Crippen molar-refractivity contribution in [1.82, 2.24) is 18.9 Å². The predicted molar refractivity (Wildman–Crippen MR) is 115 cm³/mol. The standard InChI is InChI=1S/C20H14BrF3N4O2S/c1-29-15-5-16(30-2)19(23)13(18(15)22)4-11-9-28(31-24)20-12(11)3-10(6-26-20)14-7-25-8-17(21)27-14/h3,5-9H,4H2,1-2H3. The van der Waals surface area contributed by atoms with Gasteiger partial charge in [0.2, 0.25) is 0 Å². The Morgan fingerprint density at radius 3 is 2.39 bits per heavy atom. The average molecular weight is 511 g/mol. The van der Waals surface area contributed by atoms with Gasteiger partial charge in [-0.15, -0.1) is 3.89 Å². The highest BCUT2D eigenvalue weighted by atomic mass is 79.9. The Morgan fingerprint density at radius 2 is 1.77 bits per heavy atom. The van der Waals surface area contributed by atoms with Crippen LogP contribution in [-0.4, -0.2) is 33.1 Å². The van der Waals surface area contributed by atoms with Gasteiger partial charge in [-0.05, 0) is 27.6 Å². The number of pyridine rings is 1. The molecule has 0 unspecified atom stereocenters. The molecule has 0 N–H and O–H groups in total. The minimum absolute atomic E-state index is 0.0607. The first-order valence-electron chi connectivity index (χ1n) is 8.82. The van der Waals surface area contributed by atoms with E-state index in [-0.39, 0.29) is 35.8 Å². The van der Waals surface area contributed by atoms with Crippen molar-refractivity contribution >= 4 is 39.3 Å². The average Bonchev–Trinajstić information content (AvgIpc) is 3.13. The Labute approximate surface area is 188 Å². The summed E-state index contributed by atoms with van der Waals surface area (Å²) in [4.78, 5) is 12.7. The van der Waals surface area contributed by atoms with Crippen molar-refractivity contribution in [3.05, 3.63) is 64.3 Å². The van der Waals surface area contributed by atoms with Crippen molar-refractivity contribution < 1.29 is 22.1 Å². The van der Waals surface area contributed by atoms with Crippen LogP contribution in [0.15, 0.2) is 41.5 Å². The van der Waals surface area contributed by atoms with Gasteiger partial charge >= 0.3 is 0 Å². The van der Waals surface area contributed by atoms with Gasteiger partial charge in [-0.1, -0.05) is 0 Å². The third kappa shape index (κ3) is 3.94. The van der Waals surface area contributed by atoms with Gasteiger partial charge in [0, 0.05) is 41.4 Å². The number of halogens is 4. The monoisotopic (exact) mass is 510 g/mol. The summed E-state index contributed by atoms with van der Waals surface area (Å²) in [5, 5.41) is 0.519. The third-order valence-electron chi connectivity index (χ3n) is 4.70. The van der Waals surface area contributed by atoms with E-state index >= 15 is 0 Å². The number of methoxy groups -OCH3 is 2. The molecule has 0 bridgehead atoms. The first-order chi connectivity index (χ1) is 15.0. The first-order valence-corrected chi connectivity index (χ1v) is 10.3. The second kappa shape index (κ2) is 8.75. The number of hydrogen-bond donors (Lipinski definition) is 0. The largest absolute Gasteiger partial charge is 0.494 e. The van der Waals surface area contributed by atoms with Gasteiger partial charge in [-0.3, -0.25) is 4.98 Å². The maximum Gasteiger partial charge on any atom is 0.171 e. The lowest BCUT2D eigenvalue weighted by molar-refractivity contribution is 0.354. The van der Waals surface area contributed by atoms with E-state index in [4.69, 9.17) is 9.47 Å². The van der Waals surface area contributed by atoms with E-state index in [1.165, 1.54) is 30.6 Å². The second-order valence-corrected chi connectivity index (χ2v) is 7.78. The maximum atomic E-state index is 14.9. The molecule has 0 fully saturated rings. The van der Waals surface area contributed by atoms with Gasteiger partial charge in [0.25, 0.3) is 0 Å². The molecule has 0 atom stereocenters. The van der Waals surface area contributed by atoms with Gasteiger partial charge in [-0.2, -0.15) is 0 Å². The van der Waals surface area contributed by atoms with Crippen molar-refractivity contribution in [3.63, 3.8) is 0 Å². The van der Waals surface area contributed by atoms with Crippen LogP contribution in [0.2, 0.25) is 0 Å². The zero-order valence-corrected chi connectivity index (χ0v) is 18.6.